The topological polar surface area (TPSA) is 40.5 Å². The van der Waals surface area contributed by atoms with Crippen LogP contribution >= 0.6 is 22.6 Å². The van der Waals surface area contributed by atoms with Crippen LogP contribution in [0.1, 0.15) is 17.3 Å². The minimum absolute atomic E-state index is 0.00348. The van der Waals surface area contributed by atoms with E-state index in [2.05, 4.69) is 22.6 Å². The number of likely N-dealkylation sites (N-methyl/N-ethyl adjacent to an activating group) is 1. The van der Waals surface area contributed by atoms with Gasteiger partial charge < -0.3 is 10.0 Å². The van der Waals surface area contributed by atoms with Crippen LogP contribution in [0.5, 0.6) is 0 Å². The molecule has 3 nitrogen and oxygen atoms in total. The first-order valence-electron chi connectivity index (χ1n) is 4.84. The van der Waals surface area contributed by atoms with Crippen molar-refractivity contribution in [2.24, 2.45) is 0 Å². The largest absolute Gasteiger partial charge is 0.395 e. The third-order valence-electron chi connectivity index (χ3n) is 2.11. The summed E-state index contributed by atoms with van der Waals surface area (Å²) in [6.07, 6.45) is 0. The molecule has 1 rings (SSSR count). The summed E-state index contributed by atoms with van der Waals surface area (Å²) in [4.78, 5) is 13.6. The van der Waals surface area contributed by atoms with E-state index in [4.69, 9.17) is 5.11 Å². The second-order valence-corrected chi connectivity index (χ2v) is 4.36. The van der Waals surface area contributed by atoms with Gasteiger partial charge in [-0.15, -0.1) is 0 Å². The van der Waals surface area contributed by atoms with Crippen LogP contribution in [0, 0.1) is 3.57 Å². The molecule has 0 aliphatic rings. The van der Waals surface area contributed by atoms with E-state index in [-0.39, 0.29) is 12.5 Å². The Morgan fingerprint density at radius 2 is 2.27 bits per heavy atom. The van der Waals surface area contributed by atoms with Gasteiger partial charge in [0, 0.05) is 22.2 Å². The van der Waals surface area contributed by atoms with Crippen molar-refractivity contribution in [3.8, 4) is 0 Å². The second kappa shape index (κ2) is 6.07. The Morgan fingerprint density at radius 3 is 2.80 bits per heavy atom. The van der Waals surface area contributed by atoms with E-state index in [0.29, 0.717) is 18.7 Å². The Balaban J connectivity index is 2.82. The zero-order valence-electron chi connectivity index (χ0n) is 8.61. The standard InChI is InChI=1S/C11H14INO2/c1-2-13(6-7-14)11(15)9-4-3-5-10(12)8-9/h3-5,8,14H,2,6-7H2,1H3. The molecule has 82 valence electrons. The molecule has 0 saturated heterocycles. The maximum atomic E-state index is 11.9. The minimum Gasteiger partial charge on any atom is -0.395 e. The molecule has 4 heteroatoms. The predicted octanol–water partition coefficient (Wildman–Crippen LogP) is 1.75. The van der Waals surface area contributed by atoms with Crippen molar-refractivity contribution in [1.29, 1.82) is 0 Å². The van der Waals surface area contributed by atoms with E-state index in [1.165, 1.54) is 0 Å². The Bertz CT molecular complexity index is 341. The lowest BCUT2D eigenvalue weighted by Crippen LogP contribution is -2.33. The quantitative estimate of drug-likeness (QED) is 0.859. The van der Waals surface area contributed by atoms with Gasteiger partial charge in [-0.2, -0.15) is 0 Å². The number of carbonyl (C=O) groups excluding carboxylic acids is 1. The summed E-state index contributed by atoms with van der Waals surface area (Å²) in [7, 11) is 0. The van der Waals surface area contributed by atoms with Crippen LogP contribution in [0.4, 0.5) is 0 Å². The number of halogens is 1. The van der Waals surface area contributed by atoms with E-state index >= 15 is 0 Å². The van der Waals surface area contributed by atoms with Gasteiger partial charge in [-0.3, -0.25) is 4.79 Å². The van der Waals surface area contributed by atoms with Gasteiger partial charge in [0.05, 0.1) is 6.61 Å². The van der Waals surface area contributed by atoms with Gasteiger partial charge in [0.25, 0.3) is 5.91 Å². The van der Waals surface area contributed by atoms with Gasteiger partial charge >= 0.3 is 0 Å². The number of benzene rings is 1. The molecule has 15 heavy (non-hydrogen) atoms. The molecule has 0 spiro atoms. The van der Waals surface area contributed by atoms with Gasteiger partial charge in [0.2, 0.25) is 0 Å². The first-order valence-corrected chi connectivity index (χ1v) is 5.92. The first-order chi connectivity index (χ1) is 7.19. The third kappa shape index (κ3) is 3.46. The predicted molar refractivity (Wildman–Crippen MR) is 67.8 cm³/mol. The Kier molecular flexibility index (Phi) is 5.04. The number of aliphatic hydroxyl groups is 1. The van der Waals surface area contributed by atoms with Crippen molar-refractivity contribution in [3.05, 3.63) is 33.4 Å². The van der Waals surface area contributed by atoms with E-state index in [1.807, 2.05) is 25.1 Å². The van der Waals surface area contributed by atoms with Crippen LogP contribution in [-0.2, 0) is 0 Å². The van der Waals surface area contributed by atoms with Crippen molar-refractivity contribution in [1.82, 2.24) is 4.90 Å². The number of amides is 1. The highest BCUT2D eigenvalue weighted by atomic mass is 127. The van der Waals surface area contributed by atoms with Crippen LogP contribution in [0.25, 0.3) is 0 Å². The molecule has 0 heterocycles. The molecule has 0 aliphatic heterocycles. The smallest absolute Gasteiger partial charge is 0.253 e. The maximum absolute atomic E-state index is 11.9. The van der Waals surface area contributed by atoms with Crippen molar-refractivity contribution >= 4 is 28.5 Å². The maximum Gasteiger partial charge on any atom is 0.253 e. The van der Waals surface area contributed by atoms with Crippen LogP contribution in [0.3, 0.4) is 0 Å². The molecule has 1 amide bonds. The average molecular weight is 319 g/mol. The van der Waals surface area contributed by atoms with E-state index in [1.54, 1.807) is 11.0 Å². The number of hydrogen-bond donors (Lipinski definition) is 1. The highest BCUT2D eigenvalue weighted by molar-refractivity contribution is 14.1. The molecule has 0 radical (unpaired) electrons. The second-order valence-electron chi connectivity index (χ2n) is 3.12. The van der Waals surface area contributed by atoms with Crippen LogP contribution < -0.4 is 0 Å². The van der Waals surface area contributed by atoms with Gasteiger partial charge in [-0.25, -0.2) is 0 Å². The number of rotatable bonds is 4. The molecular weight excluding hydrogens is 305 g/mol. The zero-order valence-corrected chi connectivity index (χ0v) is 10.8. The number of aliphatic hydroxyl groups excluding tert-OH is 1. The van der Waals surface area contributed by atoms with E-state index in [9.17, 15) is 4.79 Å². The number of hydrogen-bond acceptors (Lipinski definition) is 2. The highest BCUT2D eigenvalue weighted by Crippen LogP contribution is 2.10. The summed E-state index contributed by atoms with van der Waals surface area (Å²) in [6, 6.07) is 7.45. The SMILES string of the molecule is CCN(CCO)C(=O)c1cccc(I)c1. The Morgan fingerprint density at radius 1 is 1.53 bits per heavy atom. The molecule has 0 unspecified atom stereocenters. The summed E-state index contributed by atoms with van der Waals surface area (Å²) in [5.41, 5.74) is 0.678. The lowest BCUT2D eigenvalue weighted by atomic mass is 10.2. The fraction of sp³-hybridized carbons (Fsp3) is 0.364. The van der Waals surface area contributed by atoms with Gasteiger partial charge in [-0.1, -0.05) is 6.07 Å². The fourth-order valence-corrected chi connectivity index (χ4v) is 1.87. The monoisotopic (exact) mass is 319 g/mol. The van der Waals surface area contributed by atoms with Crippen molar-refractivity contribution in [3.63, 3.8) is 0 Å². The molecule has 1 N–H and O–H groups in total. The number of nitrogens with zero attached hydrogens (tertiary/aromatic N) is 1. The summed E-state index contributed by atoms with van der Waals surface area (Å²) >= 11 is 2.18. The molecule has 1 aromatic rings. The molecule has 0 fully saturated rings. The average Bonchev–Trinajstić information content (AvgIpc) is 2.25. The fourth-order valence-electron chi connectivity index (χ4n) is 1.33. The summed E-state index contributed by atoms with van der Waals surface area (Å²) in [5.74, 6) is -0.0231. The van der Waals surface area contributed by atoms with Crippen LogP contribution in [-0.4, -0.2) is 35.6 Å². The van der Waals surface area contributed by atoms with Gasteiger partial charge in [0.1, 0.15) is 0 Å². The third-order valence-corrected chi connectivity index (χ3v) is 2.78. The lowest BCUT2D eigenvalue weighted by molar-refractivity contribution is 0.0732. The summed E-state index contributed by atoms with van der Waals surface area (Å²) in [5, 5.41) is 8.82. The van der Waals surface area contributed by atoms with Crippen LogP contribution in [0.15, 0.2) is 24.3 Å². The lowest BCUT2D eigenvalue weighted by Gasteiger charge is -2.19. The van der Waals surface area contributed by atoms with E-state index < -0.39 is 0 Å². The first kappa shape index (κ1) is 12.4. The molecule has 0 saturated carbocycles. The van der Waals surface area contributed by atoms with Gasteiger partial charge in [0.15, 0.2) is 0 Å². The molecular formula is C11H14INO2. The molecule has 0 bridgehead atoms. The Hall–Kier alpha value is -0.620. The molecule has 0 atom stereocenters. The molecule has 1 aromatic carbocycles. The van der Waals surface area contributed by atoms with Crippen molar-refractivity contribution in [2.45, 2.75) is 6.92 Å². The van der Waals surface area contributed by atoms with Crippen LogP contribution in [0.2, 0.25) is 0 Å². The highest BCUT2D eigenvalue weighted by Gasteiger charge is 2.13. The Labute approximate surface area is 103 Å². The van der Waals surface area contributed by atoms with E-state index in [0.717, 1.165) is 3.57 Å². The normalized spacial score (nSPS) is 10.1. The summed E-state index contributed by atoms with van der Waals surface area (Å²) < 4.78 is 1.04. The number of carbonyl (C=O) groups is 1. The van der Waals surface area contributed by atoms with Crippen molar-refractivity contribution in [2.75, 3.05) is 19.7 Å². The van der Waals surface area contributed by atoms with Gasteiger partial charge in [-0.05, 0) is 47.7 Å². The molecule has 0 aromatic heterocycles. The zero-order chi connectivity index (χ0) is 11.3. The molecule has 0 aliphatic carbocycles. The van der Waals surface area contributed by atoms with Crippen molar-refractivity contribution < 1.29 is 9.90 Å². The minimum atomic E-state index is -0.0231. The summed E-state index contributed by atoms with van der Waals surface area (Å²) in [6.45, 7) is 2.91.